The Kier molecular flexibility index (Phi) is 9.08. The van der Waals surface area contributed by atoms with Crippen molar-refractivity contribution in [2.45, 2.75) is 19.6 Å². The fraction of sp³-hybridized carbons (Fsp3) is 0.217. The number of aromatic nitrogens is 1. The number of carbonyl (C=O) groups is 3. The molecule has 2 aromatic carbocycles. The Balaban J connectivity index is 1.83. The van der Waals surface area contributed by atoms with Crippen molar-refractivity contribution in [3.8, 4) is 0 Å². The van der Waals surface area contributed by atoms with Crippen molar-refractivity contribution in [3.63, 3.8) is 0 Å². The molecule has 5 N–H and O–H groups in total. The lowest BCUT2D eigenvalue weighted by Crippen LogP contribution is -2.40. The van der Waals surface area contributed by atoms with E-state index in [1.165, 1.54) is 48.2 Å². The molecule has 0 bridgehead atoms. The van der Waals surface area contributed by atoms with Crippen molar-refractivity contribution in [3.05, 3.63) is 69.3 Å². The van der Waals surface area contributed by atoms with Crippen molar-refractivity contribution in [2.24, 2.45) is 5.73 Å². The van der Waals surface area contributed by atoms with Crippen LogP contribution in [0.25, 0.3) is 0 Å². The first-order chi connectivity index (χ1) is 17.5. The molecular weight excluding hydrogens is 535 g/mol. The lowest BCUT2D eigenvalue weighted by molar-refractivity contribution is -0.127. The Morgan fingerprint density at radius 1 is 1.16 bits per heavy atom. The molecule has 1 atom stereocenters. The van der Waals surface area contributed by atoms with E-state index in [1.54, 1.807) is 0 Å². The number of rotatable bonds is 11. The number of nitrogens with two attached hydrogens (primary N) is 2. The SMILES string of the molecule is CC(C(N)=O)N(c1ccc(Cl)c(F)c1)c1nc(N)c(C(=O)c2ccc(C(=O)NCCOC(F)F)cc2)s1. The molecule has 0 radical (unpaired) electrons. The van der Waals surface area contributed by atoms with Crippen LogP contribution >= 0.6 is 22.9 Å². The number of ether oxygens (including phenoxy) is 1. The maximum Gasteiger partial charge on any atom is 0.345 e. The number of primary amides is 1. The first kappa shape index (κ1) is 27.9. The van der Waals surface area contributed by atoms with Gasteiger partial charge in [0.25, 0.3) is 5.91 Å². The molecule has 0 saturated heterocycles. The van der Waals surface area contributed by atoms with E-state index in [4.69, 9.17) is 23.1 Å². The molecule has 2 amide bonds. The van der Waals surface area contributed by atoms with Crippen molar-refractivity contribution >= 4 is 57.2 Å². The monoisotopic (exact) mass is 555 g/mol. The number of amides is 2. The van der Waals surface area contributed by atoms with Crippen LogP contribution in [0.15, 0.2) is 42.5 Å². The number of hydrogen-bond donors (Lipinski definition) is 3. The molecule has 37 heavy (non-hydrogen) atoms. The minimum Gasteiger partial charge on any atom is -0.382 e. The molecule has 3 aromatic rings. The van der Waals surface area contributed by atoms with Crippen LogP contribution in [0.3, 0.4) is 0 Å². The van der Waals surface area contributed by atoms with Crippen LogP contribution in [0.5, 0.6) is 0 Å². The standard InChI is InChI=1S/C23H21ClF3N5O4S/c1-11(20(29)34)32(14-6-7-15(24)16(25)10-14)23-31-19(28)18(37-23)17(33)12-2-4-13(5-3-12)21(35)30-8-9-36-22(26)27/h2-7,10-11,22H,8-9,28H2,1H3,(H2,29,34)(H,30,35). The number of nitrogens with one attached hydrogen (secondary N) is 1. The zero-order valence-electron chi connectivity index (χ0n) is 19.2. The first-order valence-electron chi connectivity index (χ1n) is 10.6. The molecule has 3 rings (SSSR count). The minimum absolute atomic E-state index is 0.0486. The molecule has 1 unspecified atom stereocenters. The van der Waals surface area contributed by atoms with Gasteiger partial charge in [0.1, 0.15) is 22.6 Å². The van der Waals surface area contributed by atoms with Crippen LogP contribution in [-0.4, -0.2) is 48.4 Å². The van der Waals surface area contributed by atoms with Gasteiger partial charge in [0.15, 0.2) is 5.13 Å². The van der Waals surface area contributed by atoms with E-state index in [2.05, 4.69) is 15.0 Å². The lowest BCUT2D eigenvalue weighted by Gasteiger charge is -2.26. The van der Waals surface area contributed by atoms with Crippen molar-refractivity contribution in [1.82, 2.24) is 10.3 Å². The largest absolute Gasteiger partial charge is 0.382 e. The van der Waals surface area contributed by atoms with E-state index < -0.39 is 36.1 Å². The highest BCUT2D eigenvalue weighted by Gasteiger charge is 2.28. The summed E-state index contributed by atoms with van der Waals surface area (Å²) in [4.78, 5) is 42.8. The maximum absolute atomic E-state index is 14.1. The molecule has 1 aromatic heterocycles. The highest BCUT2D eigenvalue weighted by molar-refractivity contribution is 7.18. The molecule has 0 saturated carbocycles. The maximum atomic E-state index is 14.1. The second-order valence-corrected chi connectivity index (χ2v) is 8.94. The van der Waals surface area contributed by atoms with E-state index in [9.17, 15) is 27.6 Å². The van der Waals surface area contributed by atoms with Crippen LogP contribution in [0.4, 0.5) is 29.8 Å². The highest BCUT2D eigenvalue weighted by atomic mass is 35.5. The second-order valence-electron chi connectivity index (χ2n) is 7.55. The number of thiazole rings is 1. The Bertz CT molecular complexity index is 1310. The zero-order valence-corrected chi connectivity index (χ0v) is 20.8. The van der Waals surface area contributed by atoms with Gasteiger partial charge in [-0.3, -0.25) is 14.4 Å². The predicted octanol–water partition coefficient (Wildman–Crippen LogP) is 3.73. The van der Waals surface area contributed by atoms with E-state index in [-0.39, 0.29) is 50.8 Å². The quantitative estimate of drug-likeness (QED) is 0.242. The minimum atomic E-state index is -2.93. The highest BCUT2D eigenvalue weighted by Crippen LogP contribution is 2.36. The van der Waals surface area contributed by atoms with E-state index in [0.717, 1.165) is 17.4 Å². The number of hydrogen-bond acceptors (Lipinski definition) is 8. The fourth-order valence-electron chi connectivity index (χ4n) is 3.17. The van der Waals surface area contributed by atoms with Gasteiger partial charge in [-0.15, -0.1) is 0 Å². The smallest absolute Gasteiger partial charge is 0.345 e. The van der Waals surface area contributed by atoms with Gasteiger partial charge in [-0.05, 0) is 37.3 Å². The van der Waals surface area contributed by atoms with Gasteiger partial charge in [0.05, 0.1) is 11.6 Å². The molecule has 14 heteroatoms. The number of carbonyl (C=O) groups excluding carboxylic acids is 3. The fourth-order valence-corrected chi connectivity index (χ4v) is 4.33. The number of halogens is 4. The summed E-state index contributed by atoms with van der Waals surface area (Å²) in [5.74, 6) is -2.63. The molecule has 0 aliphatic heterocycles. The molecular formula is C23H21ClF3N5O4S. The van der Waals surface area contributed by atoms with Crippen LogP contribution in [0, 0.1) is 5.82 Å². The van der Waals surface area contributed by atoms with E-state index in [1.807, 2.05) is 0 Å². The summed E-state index contributed by atoms with van der Waals surface area (Å²) >= 11 is 6.64. The molecule has 0 aliphatic rings. The second kappa shape index (κ2) is 12.0. The molecule has 196 valence electrons. The molecule has 0 spiro atoms. The third-order valence-corrected chi connectivity index (χ3v) is 6.45. The van der Waals surface area contributed by atoms with Crippen LogP contribution in [-0.2, 0) is 9.53 Å². The van der Waals surface area contributed by atoms with Crippen molar-refractivity contribution < 1.29 is 32.3 Å². The Labute approximate surface area is 218 Å². The van der Waals surface area contributed by atoms with Gasteiger partial charge < -0.3 is 26.4 Å². The number of anilines is 3. The summed E-state index contributed by atoms with van der Waals surface area (Å²) < 4.78 is 42.2. The average molecular weight is 556 g/mol. The summed E-state index contributed by atoms with van der Waals surface area (Å²) in [6, 6.07) is 8.45. The summed E-state index contributed by atoms with van der Waals surface area (Å²) in [5.41, 5.74) is 12.1. The summed E-state index contributed by atoms with van der Waals surface area (Å²) in [7, 11) is 0. The third-order valence-electron chi connectivity index (χ3n) is 5.08. The topological polar surface area (TPSA) is 141 Å². The Hall–Kier alpha value is -3.68. The molecule has 1 heterocycles. The number of ketones is 1. The number of alkyl halides is 2. The summed E-state index contributed by atoms with van der Waals surface area (Å²) in [5, 5.41) is 2.41. The lowest BCUT2D eigenvalue weighted by atomic mass is 10.1. The van der Waals surface area contributed by atoms with Crippen LogP contribution in [0.1, 0.15) is 32.5 Å². The van der Waals surface area contributed by atoms with Gasteiger partial charge in [-0.25, -0.2) is 9.37 Å². The zero-order chi connectivity index (χ0) is 27.3. The van der Waals surface area contributed by atoms with Gasteiger partial charge in [-0.1, -0.05) is 35.1 Å². The van der Waals surface area contributed by atoms with Crippen LogP contribution < -0.4 is 21.7 Å². The van der Waals surface area contributed by atoms with Crippen LogP contribution in [0.2, 0.25) is 5.02 Å². The van der Waals surface area contributed by atoms with Gasteiger partial charge in [0.2, 0.25) is 11.7 Å². The molecule has 0 fully saturated rings. The van der Waals surface area contributed by atoms with Crippen molar-refractivity contribution in [2.75, 3.05) is 23.8 Å². The summed E-state index contributed by atoms with van der Waals surface area (Å²) in [6.07, 6.45) is 0. The summed E-state index contributed by atoms with van der Waals surface area (Å²) in [6.45, 7) is -1.93. The third kappa shape index (κ3) is 6.76. The number of nitrogens with zero attached hydrogens (tertiary/aromatic N) is 2. The number of nitrogen functional groups attached to an aromatic ring is 1. The van der Waals surface area contributed by atoms with Gasteiger partial charge in [0, 0.05) is 23.4 Å². The van der Waals surface area contributed by atoms with E-state index in [0.29, 0.717) is 0 Å². The Morgan fingerprint density at radius 2 is 1.81 bits per heavy atom. The number of benzene rings is 2. The Morgan fingerprint density at radius 3 is 2.41 bits per heavy atom. The first-order valence-corrected chi connectivity index (χ1v) is 11.8. The molecule has 0 aliphatic carbocycles. The normalized spacial score (nSPS) is 11.8. The van der Waals surface area contributed by atoms with Gasteiger partial charge in [-0.2, -0.15) is 8.78 Å². The van der Waals surface area contributed by atoms with E-state index >= 15 is 0 Å². The van der Waals surface area contributed by atoms with Crippen molar-refractivity contribution in [1.29, 1.82) is 0 Å². The van der Waals surface area contributed by atoms with Gasteiger partial charge >= 0.3 is 6.61 Å². The predicted molar refractivity (Wildman–Crippen MR) is 133 cm³/mol. The molecule has 9 nitrogen and oxygen atoms in total. The average Bonchev–Trinajstić information content (AvgIpc) is 3.24.